The van der Waals surface area contributed by atoms with Gasteiger partial charge in [-0.2, -0.15) is 0 Å². The van der Waals surface area contributed by atoms with Gasteiger partial charge in [-0.05, 0) is 0 Å². The van der Waals surface area contributed by atoms with Gasteiger partial charge in [-0.15, -0.1) is 0 Å². The van der Waals surface area contributed by atoms with Crippen LogP contribution in [0, 0.1) is 0 Å². The van der Waals surface area contributed by atoms with Crippen LogP contribution in [0.1, 0.15) is 39.5 Å². The van der Waals surface area contributed by atoms with Gasteiger partial charge in [0.05, 0.1) is 0 Å². The van der Waals surface area contributed by atoms with Gasteiger partial charge in [0.15, 0.2) is 0 Å². The molecule has 0 aromatic carbocycles. The van der Waals surface area contributed by atoms with Gasteiger partial charge in [-0.1, -0.05) is 0 Å². The van der Waals surface area contributed by atoms with Crippen molar-refractivity contribution >= 4 is 26.6 Å². The predicted octanol–water partition coefficient (Wildman–Crippen LogP) is 4.58. The standard InChI is InChI=1S/C8H19O4P.3CH3.Sn/c1-3-5-7-11-13(9,10)12-8-6-4-2;;;;/h3-8H2,1-2H3,(H,9,10);3*1H3;/q;;;;+1/p-1. The minimum absolute atomic E-state index is 0.446. The number of phosphoric acid groups is 1. The molecule has 0 aliphatic carbocycles. The SMILES string of the molecule is CCCCOP(=O)(OCCCC)[O][Sn]([CH3])([CH3])[CH3]. The van der Waals surface area contributed by atoms with Crippen LogP contribution in [0.5, 0.6) is 0 Å². The fourth-order valence-corrected chi connectivity index (χ4v) is 9.27. The van der Waals surface area contributed by atoms with E-state index < -0.39 is 26.6 Å². The Morgan fingerprint density at radius 2 is 1.35 bits per heavy atom. The molecule has 0 amide bonds. The van der Waals surface area contributed by atoms with Crippen LogP contribution in [-0.2, 0) is 16.5 Å². The molecule has 0 N–H and O–H groups in total. The second-order valence-corrected chi connectivity index (χ2v) is 20.2. The van der Waals surface area contributed by atoms with Crippen molar-refractivity contribution < 1.29 is 16.5 Å². The molecule has 0 aliphatic heterocycles. The summed E-state index contributed by atoms with van der Waals surface area (Å²) >= 11 is -2.64. The molecule has 0 atom stereocenters. The maximum absolute atomic E-state index is 12.4. The van der Waals surface area contributed by atoms with Crippen molar-refractivity contribution in [2.75, 3.05) is 13.2 Å². The average Bonchev–Trinajstić information content (AvgIpc) is 2.15. The molecule has 0 unspecified atom stereocenters. The van der Waals surface area contributed by atoms with E-state index in [1.165, 1.54) is 0 Å². The third-order valence-electron chi connectivity index (χ3n) is 1.88. The summed E-state index contributed by atoms with van der Waals surface area (Å²) in [6.07, 6.45) is 3.77. The molecular formula is C11H27O4PSn. The average molecular weight is 373 g/mol. The van der Waals surface area contributed by atoms with Crippen LogP contribution < -0.4 is 0 Å². The molecule has 0 aromatic rings. The Kier molecular flexibility index (Phi) is 9.39. The molecule has 6 heteroatoms. The molecule has 0 saturated heterocycles. The van der Waals surface area contributed by atoms with E-state index in [1.54, 1.807) is 0 Å². The fourth-order valence-electron chi connectivity index (χ4n) is 1.07. The molecule has 104 valence electrons. The Morgan fingerprint density at radius 1 is 0.941 bits per heavy atom. The van der Waals surface area contributed by atoms with E-state index in [0.29, 0.717) is 13.2 Å². The molecule has 4 nitrogen and oxygen atoms in total. The van der Waals surface area contributed by atoms with E-state index in [9.17, 15) is 4.57 Å². The summed E-state index contributed by atoms with van der Waals surface area (Å²) in [4.78, 5) is 6.15. The first-order valence-electron chi connectivity index (χ1n) is 6.43. The predicted molar refractivity (Wildman–Crippen MR) is 73.8 cm³/mol. The molecule has 17 heavy (non-hydrogen) atoms. The topological polar surface area (TPSA) is 44.8 Å². The van der Waals surface area contributed by atoms with Crippen molar-refractivity contribution in [1.82, 2.24) is 0 Å². The molecule has 0 aromatic heterocycles. The first kappa shape index (κ1) is 17.9. The van der Waals surface area contributed by atoms with E-state index >= 15 is 0 Å². The van der Waals surface area contributed by atoms with Crippen molar-refractivity contribution in [2.24, 2.45) is 0 Å². The minimum atomic E-state index is -3.31. The Balaban J connectivity index is 4.30. The van der Waals surface area contributed by atoms with Crippen molar-refractivity contribution in [2.45, 2.75) is 54.3 Å². The van der Waals surface area contributed by atoms with Crippen LogP contribution in [-0.4, -0.2) is 32.0 Å². The Labute approximate surface area is 110 Å². The van der Waals surface area contributed by atoms with Crippen molar-refractivity contribution in [3.8, 4) is 0 Å². The Morgan fingerprint density at radius 3 is 1.65 bits per heavy atom. The first-order valence-corrected chi connectivity index (χ1v) is 17.6. The van der Waals surface area contributed by atoms with Crippen LogP contribution in [0.2, 0.25) is 14.8 Å². The molecule has 0 fully saturated rings. The van der Waals surface area contributed by atoms with Crippen LogP contribution in [0.15, 0.2) is 0 Å². The number of unbranched alkanes of at least 4 members (excludes halogenated alkanes) is 2. The van der Waals surface area contributed by atoms with E-state index in [-0.39, 0.29) is 0 Å². The fraction of sp³-hybridized carbons (Fsp3) is 1.00. The van der Waals surface area contributed by atoms with E-state index in [4.69, 9.17) is 11.9 Å². The first-order chi connectivity index (χ1) is 7.83. The molecule has 0 heterocycles. The van der Waals surface area contributed by atoms with Gasteiger partial charge in [0.1, 0.15) is 0 Å². The van der Waals surface area contributed by atoms with Gasteiger partial charge in [-0.3, -0.25) is 0 Å². The van der Waals surface area contributed by atoms with Gasteiger partial charge in [0, 0.05) is 0 Å². The van der Waals surface area contributed by atoms with Crippen molar-refractivity contribution in [3.63, 3.8) is 0 Å². The van der Waals surface area contributed by atoms with E-state index in [0.717, 1.165) is 25.7 Å². The summed E-state index contributed by atoms with van der Waals surface area (Å²) in [6.45, 7) is 5.02. The zero-order valence-electron chi connectivity index (χ0n) is 11.8. The summed E-state index contributed by atoms with van der Waals surface area (Å²) in [7, 11) is -3.31. The number of rotatable bonds is 10. The number of hydrogen-bond donors (Lipinski definition) is 0. The zero-order valence-corrected chi connectivity index (χ0v) is 15.6. The second-order valence-electron chi connectivity index (χ2n) is 5.02. The molecular weight excluding hydrogens is 346 g/mol. The normalized spacial score (nSPS) is 13.0. The third-order valence-corrected chi connectivity index (χ3v) is 10.3. The van der Waals surface area contributed by atoms with E-state index in [1.807, 2.05) is 14.8 Å². The summed E-state index contributed by atoms with van der Waals surface area (Å²) in [5, 5.41) is 0. The number of hydrogen-bond acceptors (Lipinski definition) is 4. The number of phosphoric ester groups is 1. The zero-order chi connectivity index (χ0) is 13.4. The Hall–Kier alpha value is 0.909. The molecule has 0 rings (SSSR count). The summed E-state index contributed by atoms with van der Waals surface area (Å²) in [5.74, 6) is 0. The van der Waals surface area contributed by atoms with Crippen molar-refractivity contribution in [1.29, 1.82) is 0 Å². The van der Waals surface area contributed by atoms with Crippen LogP contribution in [0.3, 0.4) is 0 Å². The van der Waals surface area contributed by atoms with Gasteiger partial charge < -0.3 is 0 Å². The second kappa shape index (κ2) is 8.92. The van der Waals surface area contributed by atoms with Crippen LogP contribution >= 0.6 is 7.82 Å². The molecule has 0 spiro atoms. The van der Waals surface area contributed by atoms with Gasteiger partial charge >= 0.3 is 111 Å². The van der Waals surface area contributed by atoms with Gasteiger partial charge in [0.2, 0.25) is 0 Å². The molecule has 0 aliphatic rings. The summed E-state index contributed by atoms with van der Waals surface area (Å²) in [5.41, 5.74) is 0. The van der Waals surface area contributed by atoms with Gasteiger partial charge in [-0.25, -0.2) is 0 Å². The summed E-state index contributed by atoms with van der Waals surface area (Å²) < 4.78 is 28.7. The molecule has 0 saturated carbocycles. The maximum atomic E-state index is 12.4. The van der Waals surface area contributed by atoms with Crippen molar-refractivity contribution in [3.05, 3.63) is 0 Å². The monoisotopic (exact) mass is 374 g/mol. The Bertz CT molecular complexity index is 226. The quantitative estimate of drug-likeness (QED) is 0.320. The van der Waals surface area contributed by atoms with Crippen LogP contribution in [0.25, 0.3) is 0 Å². The molecule has 0 bridgehead atoms. The molecule has 0 radical (unpaired) electrons. The van der Waals surface area contributed by atoms with E-state index in [2.05, 4.69) is 13.8 Å². The third kappa shape index (κ3) is 10.5. The van der Waals surface area contributed by atoms with Gasteiger partial charge in [0.25, 0.3) is 0 Å². The summed E-state index contributed by atoms with van der Waals surface area (Å²) in [6, 6.07) is 0. The van der Waals surface area contributed by atoms with Crippen LogP contribution in [0.4, 0.5) is 0 Å².